The number of carbonyl (C=O) groups is 2. The number of carboxylic acid groups (broad SMARTS) is 1. The van der Waals surface area contributed by atoms with Gasteiger partial charge in [0.15, 0.2) is 0 Å². The first-order valence-electron chi connectivity index (χ1n) is 7.35. The minimum atomic E-state index is -0.816. The fourth-order valence-corrected chi connectivity index (χ4v) is 2.59. The summed E-state index contributed by atoms with van der Waals surface area (Å²) in [6, 6.07) is 7.13. The van der Waals surface area contributed by atoms with Gasteiger partial charge in [-0.05, 0) is 31.4 Å². The number of hydrogen-bond acceptors (Lipinski definition) is 4. The van der Waals surface area contributed by atoms with Gasteiger partial charge >= 0.3 is 5.97 Å². The number of carboxylic acids is 1. The van der Waals surface area contributed by atoms with Gasteiger partial charge in [-0.3, -0.25) is 9.59 Å². The molecular weight excluding hydrogens is 286 g/mol. The van der Waals surface area contributed by atoms with Gasteiger partial charge in [-0.2, -0.15) is 0 Å². The molecule has 1 fully saturated rings. The van der Waals surface area contributed by atoms with Crippen LogP contribution in [0.5, 0.6) is 5.75 Å². The van der Waals surface area contributed by atoms with E-state index in [1.54, 1.807) is 31.4 Å². The number of hydrogen-bond donors (Lipinski definition) is 2. The van der Waals surface area contributed by atoms with E-state index in [-0.39, 0.29) is 11.8 Å². The maximum absolute atomic E-state index is 12.2. The first-order chi connectivity index (χ1) is 10.6. The van der Waals surface area contributed by atoms with Crippen molar-refractivity contribution >= 4 is 17.6 Å². The molecule has 1 amide bonds. The minimum Gasteiger partial charge on any atom is -0.491 e. The lowest BCUT2D eigenvalue weighted by atomic mass is 10.0. The predicted molar refractivity (Wildman–Crippen MR) is 80.9 cm³/mol. The molecule has 1 saturated carbocycles. The molecule has 0 aliphatic heterocycles. The van der Waals surface area contributed by atoms with Crippen molar-refractivity contribution in [2.24, 2.45) is 11.8 Å². The van der Waals surface area contributed by atoms with Gasteiger partial charge in [0.2, 0.25) is 5.91 Å². The first kappa shape index (κ1) is 16.3. The molecule has 0 heterocycles. The van der Waals surface area contributed by atoms with Crippen LogP contribution >= 0.6 is 0 Å². The van der Waals surface area contributed by atoms with E-state index in [1.165, 1.54) is 0 Å². The van der Waals surface area contributed by atoms with Gasteiger partial charge in [0.1, 0.15) is 12.4 Å². The van der Waals surface area contributed by atoms with Gasteiger partial charge in [-0.15, -0.1) is 0 Å². The Morgan fingerprint density at radius 2 is 2.05 bits per heavy atom. The van der Waals surface area contributed by atoms with Gasteiger partial charge < -0.3 is 19.9 Å². The summed E-state index contributed by atoms with van der Waals surface area (Å²) in [7, 11) is 1.60. The van der Waals surface area contributed by atoms with Crippen LogP contribution in [-0.2, 0) is 14.3 Å². The van der Waals surface area contributed by atoms with E-state index in [2.05, 4.69) is 5.32 Å². The molecule has 2 atom stereocenters. The number of amides is 1. The lowest BCUT2D eigenvalue weighted by Crippen LogP contribution is -2.21. The van der Waals surface area contributed by atoms with Crippen LogP contribution in [0.15, 0.2) is 24.3 Å². The Bertz CT molecular complexity index is 531. The number of benzene rings is 1. The maximum atomic E-state index is 12.2. The normalized spacial score (nSPS) is 20.6. The van der Waals surface area contributed by atoms with Crippen LogP contribution in [0.4, 0.5) is 5.69 Å². The number of anilines is 1. The monoisotopic (exact) mass is 307 g/mol. The average molecular weight is 307 g/mol. The SMILES string of the molecule is COCCOc1cccc(NC(=O)[C@@H]2CC[C@H](C(=O)O)C2)c1. The number of aliphatic carboxylic acids is 1. The Morgan fingerprint density at radius 1 is 1.27 bits per heavy atom. The summed E-state index contributed by atoms with van der Waals surface area (Å²) in [5, 5.41) is 11.8. The molecule has 22 heavy (non-hydrogen) atoms. The summed E-state index contributed by atoms with van der Waals surface area (Å²) in [6.07, 6.45) is 1.59. The largest absolute Gasteiger partial charge is 0.491 e. The van der Waals surface area contributed by atoms with Gasteiger partial charge in [0.05, 0.1) is 12.5 Å². The molecule has 6 heteroatoms. The highest BCUT2D eigenvalue weighted by molar-refractivity contribution is 5.93. The lowest BCUT2D eigenvalue weighted by Gasteiger charge is -2.12. The van der Waals surface area contributed by atoms with Crippen molar-refractivity contribution < 1.29 is 24.2 Å². The van der Waals surface area contributed by atoms with Crippen LogP contribution in [0.2, 0.25) is 0 Å². The fourth-order valence-electron chi connectivity index (χ4n) is 2.59. The number of carbonyl (C=O) groups excluding carboxylic acids is 1. The molecule has 1 aromatic rings. The second kappa shape index (κ2) is 7.79. The molecule has 0 radical (unpaired) electrons. The van der Waals surface area contributed by atoms with Crippen molar-refractivity contribution in [1.82, 2.24) is 0 Å². The maximum Gasteiger partial charge on any atom is 0.306 e. The topological polar surface area (TPSA) is 84.9 Å². The second-order valence-corrected chi connectivity index (χ2v) is 5.40. The number of rotatable bonds is 7. The second-order valence-electron chi connectivity index (χ2n) is 5.40. The van der Waals surface area contributed by atoms with Gasteiger partial charge in [0.25, 0.3) is 0 Å². The van der Waals surface area contributed by atoms with E-state index in [0.717, 1.165) is 0 Å². The highest BCUT2D eigenvalue weighted by Gasteiger charge is 2.33. The third-order valence-corrected chi connectivity index (χ3v) is 3.81. The highest BCUT2D eigenvalue weighted by atomic mass is 16.5. The Hall–Kier alpha value is -2.08. The molecule has 0 aromatic heterocycles. The fraction of sp³-hybridized carbons (Fsp3) is 0.500. The molecule has 1 aliphatic rings. The van der Waals surface area contributed by atoms with Crippen LogP contribution in [0.1, 0.15) is 19.3 Å². The van der Waals surface area contributed by atoms with Crippen LogP contribution in [-0.4, -0.2) is 37.3 Å². The van der Waals surface area contributed by atoms with Crippen molar-refractivity contribution in [3.8, 4) is 5.75 Å². The van der Waals surface area contributed by atoms with Gasteiger partial charge in [-0.25, -0.2) is 0 Å². The standard InChI is InChI=1S/C16H21NO5/c1-21-7-8-22-14-4-2-3-13(10-14)17-15(18)11-5-6-12(9-11)16(19)20/h2-4,10-12H,5-9H2,1H3,(H,17,18)(H,19,20)/t11-,12+/m1/s1. The summed E-state index contributed by atoms with van der Waals surface area (Å²) >= 11 is 0. The van der Waals surface area contributed by atoms with Crippen molar-refractivity contribution in [2.45, 2.75) is 19.3 Å². The number of nitrogens with one attached hydrogen (secondary N) is 1. The third kappa shape index (κ3) is 4.46. The molecule has 0 unspecified atom stereocenters. The highest BCUT2D eigenvalue weighted by Crippen LogP contribution is 2.32. The molecule has 120 valence electrons. The van der Waals surface area contributed by atoms with E-state index in [0.29, 0.717) is 43.9 Å². The van der Waals surface area contributed by atoms with Crippen LogP contribution in [0.25, 0.3) is 0 Å². The molecule has 6 nitrogen and oxygen atoms in total. The number of methoxy groups -OCH3 is 1. The molecule has 1 aliphatic carbocycles. The molecular formula is C16H21NO5. The zero-order chi connectivity index (χ0) is 15.9. The molecule has 0 spiro atoms. The van der Waals surface area contributed by atoms with E-state index in [9.17, 15) is 9.59 Å². The predicted octanol–water partition coefficient (Wildman–Crippen LogP) is 2.15. The quantitative estimate of drug-likeness (QED) is 0.754. The summed E-state index contributed by atoms with van der Waals surface area (Å²) in [5.41, 5.74) is 0.652. The Labute approximate surface area is 129 Å². The average Bonchev–Trinajstić information content (AvgIpc) is 2.98. The van der Waals surface area contributed by atoms with Crippen molar-refractivity contribution in [3.63, 3.8) is 0 Å². The van der Waals surface area contributed by atoms with Crippen molar-refractivity contribution in [1.29, 1.82) is 0 Å². The van der Waals surface area contributed by atoms with Crippen molar-refractivity contribution in [2.75, 3.05) is 25.6 Å². The molecule has 0 saturated heterocycles. The van der Waals surface area contributed by atoms with E-state index in [4.69, 9.17) is 14.6 Å². The van der Waals surface area contributed by atoms with Gasteiger partial charge in [-0.1, -0.05) is 6.07 Å². The van der Waals surface area contributed by atoms with Crippen LogP contribution in [0.3, 0.4) is 0 Å². The number of ether oxygens (including phenoxy) is 2. The zero-order valence-electron chi connectivity index (χ0n) is 12.6. The van der Waals surface area contributed by atoms with E-state index < -0.39 is 11.9 Å². The molecule has 1 aromatic carbocycles. The molecule has 2 rings (SSSR count). The molecule has 0 bridgehead atoms. The first-order valence-corrected chi connectivity index (χ1v) is 7.35. The van der Waals surface area contributed by atoms with Crippen LogP contribution < -0.4 is 10.1 Å². The zero-order valence-corrected chi connectivity index (χ0v) is 12.6. The van der Waals surface area contributed by atoms with E-state index >= 15 is 0 Å². The smallest absolute Gasteiger partial charge is 0.306 e. The molecule has 2 N–H and O–H groups in total. The van der Waals surface area contributed by atoms with Crippen LogP contribution in [0, 0.1) is 11.8 Å². The Morgan fingerprint density at radius 3 is 2.73 bits per heavy atom. The van der Waals surface area contributed by atoms with E-state index in [1.807, 2.05) is 0 Å². The summed E-state index contributed by atoms with van der Waals surface area (Å²) in [4.78, 5) is 23.1. The minimum absolute atomic E-state index is 0.127. The lowest BCUT2D eigenvalue weighted by molar-refractivity contribution is -0.141. The Kier molecular flexibility index (Phi) is 5.77. The summed E-state index contributed by atoms with van der Waals surface area (Å²) in [5.74, 6) is -0.926. The summed E-state index contributed by atoms with van der Waals surface area (Å²) < 4.78 is 10.4. The summed E-state index contributed by atoms with van der Waals surface area (Å²) in [6.45, 7) is 0.937. The Balaban J connectivity index is 1.89. The van der Waals surface area contributed by atoms with Gasteiger partial charge in [0, 0.05) is 24.8 Å². The van der Waals surface area contributed by atoms with Crippen molar-refractivity contribution in [3.05, 3.63) is 24.3 Å². The third-order valence-electron chi connectivity index (χ3n) is 3.81.